The lowest BCUT2D eigenvalue weighted by Crippen LogP contribution is -2.52. The Balaban J connectivity index is 0.821. The van der Waals surface area contributed by atoms with Crippen molar-refractivity contribution >= 4 is 63.9 Å². The Kier molecular flexibility index (Phi) is 26.7. The van der Waals surface area contributed by atoms with Gasteiger partial charge in [-0.05, 0) is 54.4 Å². The molecule has 3 aliphatic heterocycles. The van der Waals surface area contributed by atoms with Crippen LogP contribution in [-0.2, 0) is 93.8 Å². The maximum absolute atomic E-state index is 15.0. The largest absolute Gasteiger partial charge is 0.458 e. The van der Waals surface area contributed by atoms with Gasteiger partial charge in [-0.25, -0.2) is 14.2 Å². The highest BCUT2D eigenvalue weighted by molar-refractivity contribution is 6.03. The third-order valence-corrected chi connectivity index (χ3v) is 16.8. The summed E-state index contributed by atoms with van der Waals surface area (Å²) in [7, 11) is 0. The van der Waals surface area contributed by atoms with Crippen LogP contribution in [-0.4, -0.2) is 145 Å². The van der Waals surface area contributed by atoms with Gasteiger partial charge in [-0.2, -0.15) is 0 Å². The van der Waals surface area contributed by atoms with Gasteiger partial charge in [-0.3, -0.25) is 43.3 Å². The topological polar surface area (TPSA) is 327 Å². The number of likely N-dealkylation sites (tertiary alicyclic amines) is 1. The molecule has 3 unspecified atom stereocenters. The van der Waals surface area contributed by atoms with E-state index in [9.17, 15) is 48.3 Å². The van der Waals surface area contributed by atoms with Crippen LogP contribution in [0.3, 0.4) is 0 Å². The standard InChI is InChI=1S/C65H88FN9O15/c1-5-8-10-12-15-41(4)19-21-65(85)49-32-54-60-46(37-75(54)63(83)48(49)39-90-64(65)84)47(45-30-51(67)50(66)33-52(45)73-60)38-89-40-71-57(78)35-70-61(81)53(29-42-16-13-11-14-17-42)72-58(79)36-69-56(77)34-68-55(76)20-23-86-25-27-88-28-26-87-24-22-74-59(80)31-44(62(74)82)43(7-3)18-9-6-2/h11,13-14,16-17,30,32-33,41,43-44,53,85H,5-10,12,15,18-29,31,34-40,67H2,1-4H3,(H,68,76)(H,69,77)(H,70,81)(H,71,78)(H,72,79)/t41?,43?,44?,53-,65-/m0/s1. The van der Waals surface area contributed by atoms with Crippen molar-refractivity contribution in [1.82, 2.24) is 41.0 Å². The molecule has 0 radical (unpaired) electrons. The van der Waals surface area contributed by atoms with Crippen LogP contribution in [0.4, 0.5) is 10.1 Å². The highest BCUT2D eigenvalue weighted by Gasteiger charge is 2.47. The number of pyridine rings is 2. The molecule has 7 rings (SSSR count). The number of nitrogens with one attached hydrogen (secondary N) is 5. The Morgan fingerprint density at radius 1 is 0.789 bits per heavy atom. The number of carbonyl (C=O) groups is 8. The number of amides is 7. The molecular weight excluding hydrogens is 1170 g/mol. The number of nitrogen functional groups attached to an aromatic ring is 1. The normalized spacial score (nSPS) is 16.8. The van der Waals surface area contributed by atoms with Gasteiger partial charge < -0.3 is 65.7 Å². The van der Waals surface area contributed by atoms with Crippen molar-refractivity contribution in [3.8, 4) is 11.4 Å². The molecule has 8 N–H and O–H groups in total. The number of esters is 1. The Hall–Kier alpha value is -7.71. The highest BCUT2D eigenvalue weighted by Crippen LogP contribution is 2.42. The first kappa shape index (κ1) is 69.8. The Morgan fingerprint density at radius 3 is 2.21 bits per heavy atom. The zero-order valence-electron chi connectivity index (χ0n) is 52.2. The van der Waals surface area contributed by atoms with E-state index in [1.807, 2.05) is 0 Å². The van der Waals surface area contributed by atoms with E-state index >= 15 is 4.39 Å². The predicted octanol–water partition coefficient (Wildman–Crippen LogP) is 4.48. The average Bonchev–Trinajstić information content (AvgIpc) is 1.49. The fourth-order valence-electron chi connectivity index (χ4n) is 11.6. The molecular formula is C65H88FN9O15. The van der Waals surface area contributed by atoms with Crippen LogP contribution in [0.1, 0.15) is 139 Å². The number of hydrogen-bond donors (Lipinski definition) is 7. The fraction of sp³-hybridized carbons (Fsp3) is 0.569. The van der Waals surface area contributed by atoms with Crippen molar-refractivity contribution in [1.29, 1.82) is 0 Å². The number of aliphatic hydroxyl groups is 1. The molecule has 490 valence electrons. The summed E-state index contributed by atoms with van der Waals surface area (Å²) in [4.78, 5) is 124. The lowest BCUT2D eigenvalue weighted by atomic mass is 9.82. The van der Waals surface area contributed by atoms with Gasteiger partial charge in [0.25, 0.3) is 5.56 Å². The summed E-state index contributed by atoms with van der Waals surface area (Å²) in [5, 5.41) is 25.0. The molecule has 1 saturated heterocycles. The molecule has 2 aromatic carbocycles. The number of imide groups is 1. The quantitative estimate of drug-likeness (QED) is 0.00938. The maximum Gasteiger partial charge on any atom is 0.343 e. The van der Waals surface area contributed by atoms with Crippen molar-refractivity contribution in [2.24, 2.45) is 17.8 Å². The molecule has 2 aromatic heterocycles. The number of fused-ring (bicyclic) bond motifs is 5. The molecule has 24 nitrogen and oxygen atoms in total. The molecule has 25 heteroatoms. The van der Waals surface area contributed by atoms with Crippen LogP contribution in [0.15, 0.2) is 53.3 Å². The van der Waals surface area contributed by atoms with Crippen LogP contribution in [0.5, 0.6) is 0 Å². The second-order valence-corrected chi connectivity index (χ2v) is 23.3. The number of nitrogens with zero attached hydrogens (tertiary/aromatic N) is 3. The number of nitrogens with two attached hydrogens (primary N) is 1. The van der Waals surface area contributed by atoms with E-state index in [2.05, 4.69) is 54.3 Å². The van der Waals surface area contributed by atoms with E-state index in [4.69, 9.17) is 34.4 Å². The third kappa shape index (κ3) is 18.9. The summed E-state index contributed by atoms with van der Waals surface area (Å²) >= 11 is 0. The fourth-order valence-corrected chi connectivity index (χ4v) is 11.6. The van der Waals surface area contributed by atoms with E-state index in [0.717, 1.165) is 57.8 Å². The first-order chi connectivity index (χ1) is 43.4. The molecule has 5 heterocycles. The Morgan fingerprint density at radius 2 is 1.48 bits per heavy atom. The number of benzene rings is 2. The number of carbonyl (C=O) groups excluding carboxylic acids is 8. The van der Waals surface area contributed by atoms with Crippen molar-refractivity contribution < 1.29 is 71.5 Å². The Labute approximate surface area is 523 Å². The van der Waals surface area contributed by atoms with Gasteiger partial charge >= 0.3 is 5.97 Å². The molecule has 5 atom stereocenters. The number of hydrogen-bond acceptors (Lipinski definition) is 17. The van der Waals surface area contributed by atoms with E-state index in [1.54, 1.807) is 36.4 Å². The van der Waals surface area contributed by atoms with E-state index in [-0.39, 0.29) is 150 Å². The van der Waals surface area contributed by atoms with Crippen LogP contribution < -0.4 is 37.9 Å². The molecule has 7 amide bonds. The van der Waals surface area contributed by atoms with Crippen LogP contribution in [0.25, 0.3) is 22.3 Å². The molecule has 0 bridgehead atoms. The van der Waals surface area contributed by atoms with E-state index < -0.39 is 78.2 Å². The molecule has 0 spiro atoms. The number of aromatic nitrogens is 2. The van der Waals surface area contributed by atoms with Gasteiger partial charge in [0.1, 0.15) is 25.2 Å². The van der Waals surface area contributed by atoms with Gasteiger partial charge in [0.2, 0.25) is 41.4 Å². The van der Waals surface area contributed by atoms with Gasteiger partial charge in [-0.15, -0.1) is 0 Å². The van der Waals surface area contributed by atoms with E-state index in [0.29, 0.717) is 39.9 Å². The van der Waals surface area contributed by atoms with Crippen LogP contribution in [0.2, 0.25) is 0 Å². The molecule has 0 saturated carbocycles. The number of unbranched alkanes of at least 4 members (excludes halogenated alkanes) is 4. The molecule has 0 aliphatic carbocycles. The molecule has 90 heavy (non-hydrogen) atoms. The van der Waals surface area contributed by atoms with E-state index in [1.165, 1.54) is 21.6 Å². The zero-order chi connectivity index (χ0) is 64.7. The van der Waals surface area contributed by atoms with Crippen molar-refractivity contribution in [3.63, 3.8) is 0 Å². The van der Waals surface area contributed by atoms with Crippen molar-refractivity contribution in [2.45, 2.75) is 149 Å². The monoisotopic (exact) mass is 1250 g/mol. The van der Waals surface area contributed by atoms with Gasteiger partial charge in [0, 0.05) is 41.8 Å². The predicted molar refractivity (Wildman–Crippen MR) is 330 cm³/mol. The first-order valence-electron chi connectivity index (χ1n) is 31.5. The number of ether oxygens (including phenoxy) is 5. The second kappa shape index (κ2) is 34.5. The molecule has 4 aromatic rings. The van der Waals surface area contributed by atoms with Crippen molar-refractivity contribution in [3.05, 3.63) is 92.5 Å². The SMILES string of the molecule is CCCCCCC(C)CC[C@@]1(O)C(=O)OCc2c1cc1n(c2=O)Cc2c-1nc1cc(F)c(N)cc1c2COCNC(=O)CNC(=O)[C@H](Cc1ccccc1)NC(=O)CNC(=O)CNC(=O)CCOCCOCCOCCN1C(=O)CC(C(CC)CCCC)C1=O. The number of cyclic esters (lactones) is 1. The molecule has 1 fully saturated rings. The minimum Gasteiger partial charge on any atom is -0.458 e. The minimum atomic E-state index is -2.08. The van der Waals surface area contributed by atoms with Gasteiger partial charge in [0.05, 0.1) is 113 Å². The maximum atomic E-state index is 15.0. The van der Waals surface area contributed by atoms with Crippen molar-refractivity contribution in [2.75, 3.05) is 78.3 Å². The van der Waals surface area contributed by atoms with Crippen LogP contribution >= 0.6 is 0 Å². The summed E-state index contributed by atoms with van der Waals surface area (Å²) in [6, 6.07) is 11.8. The zero-order valence-corrected chi connectivity index (χ0v) is 52.2. The van der Waals surface area contributed by atoms with Gasteiger partial charge in [-0.1, -0.05) is 109 Å². The summed E-state index contributed by atoms with van der Waals surface area (Å²) in [6.45, 7) is 7.46. The summed E-state index contributed by atoms with van der Waals surface area (Å²) in [6.07, 6.45) is 9.96. The minimum absolute atomic E-state index is 0.00846. The lowest BCUT2D eigenvalue weighted by Gasteiger charge is -2.33. The summed E-state index contributed by atoms with van der Waals surface area (Å²) < 4.78 is 44.4. The lowest BCUT2D eigenvalue weighted by molar-refractivity contribution is -0.173. The number of rotatable bonds is 39. The first-order valence-corrected chi connectivity index (χ1v) is 31.5. The second-order valence-electron chi connectivity index (χ2n) is 23.3. The summed E-state index contributed by atoms with van der Waals surface area (Å²) in [5.41, 5.74) is 6.17. The summed E-state index contributed by atoms with van der Waals surface area (Å²) in [5.74, 6) is -4.88. The number of halogens is 1. The average molecular weight is 1250 g/mol. The Bertz CT molecular complexity index is 3240. The van der Waals surface area contributed by atoms with Gasteiger partial charge in [0.15, 0.2) is 5.60 Å². The third-order valence-electron chi connectivity index (χ3n) is 16.8. The number of anilines is 1. The smallest absolute Gasteiger partial charge is 0.343 e. The molecule has 3 aliphatic rings. The van der Waals surface area contributed by atoms with Crippen LogP contribution in [0, 0.1) is 23.6 Å². The highest BCUT2D eigenvalue weighted by atomic mass is 19.1.